The Morgan fingerprint density at radius 2 is 2.27 bits per heavy atom. The normalized spacial score (nSPS) is 17.2. The molecule has 0 amide bonds. The van der Waals surface area contributed by atoms with Gasteiger partial charge in [0.05, 0.1) is 6.04 Å². The largest absolute Gasteiger partial charge is 0.360 e. The highest BCUT2D eigenvalue weighted by Gasteiger charge is 2.22. The summed E-state index contributed by atoms with van der Waals surface area (Å²) in [6, 6.07) is 5.25. The molecule has 1 aromatic rings. The van der Waals surface area contributed by atoms with Crippen molar-refractivity contribution in [2.75, 3.05) is 0 Å². The lowest BCUT2D eigenvalue weighted by Gasteiger charge is -2.15. The van der Waals surface area contributed by atoms with Crippen molar-refractivity contribution in [1.82, 2.24) is 10.6 Å². The van der Waals surface area contributed by atoms with Crippen LogP contribution in [0.5, 0.6) is 0 Å². The third kappa shape index (κ3) is 3.18. The molecule has 1 fully saturated rings. The molecule has 0 radical (unpaired) electrons. The first-order valence-electron chi connectivity index (χ1n) is 5.28. The molecule has 0 saturated heterocycles. The summed E-state index contributed by atoms with van der Waals surface area (Å²) in [5.74, 6) is 0. The zero-order chi connectivity index (χ0) is 10.8. The Labute approximate surface area is 100 Å². The minimum atomic E-state index is 0.308. The van der Waals surface area contributed by atoms with Gasteiger partial charge in [-0.3, -0.25) is 0 Å². The van der Waals surface area contributed by atoms with Gasteiger partial charge in [-0.15, -0.1) is 11.3 Å². The number of hydrogen-bond acceptors (Lipinski definition) is 2. The monoisotopic (exact) mass is 240 g/mol. The third-order valence-electron chi connectivity index (χ3n) is 2.45. The molecule has 0 spiro atoms. The van der Waals surface area contributed by atoms with E-state index in [1.54, 1.807) is 0 Å². The molecule has 2 N–H and O–H groups in total. The van der Waals surface area contributed by atoms with Crippen LogP contribution in [0.25, 0.3) is 0 Å². The van der Waals surface area contributed by atoms with Crippen molar-refractivity contribution in [2.24, 2.45) is 0 Å². The standard InChI is InChI=1S/C11H16N2S2/c1-7-3-6-10(15-7)8(2)12-11(14)13-9-4-5-9/h3,6,8-9H,4-5H2,1-2H3,(H2,12,13,14). The first-order chi connectivity index (χ1) is 7.15. The number of nitrogens with one attached hydrogen (secondary N) is 2. The molecule has 1 atom stereocenters. The van der Waals surface area contributed by atoms with E-state index in [9.17, 15) is 0 Å². The van der Waals surface area contributed by atoms with Crippen molar-refractivity contribution < 1.29 is 0 Å². The van der Waals surface area contributed by atoms with Crippen LogP contribution in [0.1, 0.15) is 35.6 Å². The summed E-state index contributed by atoms with van der Waals surface area (Å²) in [4.78, 5) is 2.69. The summed E-state index contributed by atoms with van der Waals surface area (Å²) in [5.41, 5.74) is 0. The Kier molecular flexibility index (Phi) is 3.26. The molecule has 0 bridgehead atoms. The molecule has 1 aromatic heterocycles. The fourth-order valence-corrected chi connectivity index (χ4v) is 2.63. The molecule has 1 aliphatic rings. The zero-order valence-corrected chi connectivity index (χ0v) is 10.7. The highest BCUT2D eigenvalue weighted by atomic mass is 32.1. The van der Waals surface area contributed by atoms with E-state index < -0.39 is 0 Å². The summed E-state index contributed by atoms with van der Waals surface area (Å²) in [6.07, 6.45) is 2.52. The van der Waals surface area contributed by atoms with E-state index in [2.05, 4.69) is 36.6 Å². The van der Waals surface area contributed by atoms with Crippen molar-refractivity contribution in [3.05, 3.63) is 21.9 Å². The molecule has 82 valence electrons. The van der Waals surface area contributed by atoms with Crippen LogP contribution in [0.4, 0.5) is 0 Å². The van der Waals surface area contributed by atoms with E-state index in [4.69, 9.17) is 12.2 Å². The Balaban J connectivity index is 1.85. The van der Waals surface area contributed by atoms with Crippen molar-refractivity contribution in [2.45, 2.75) is 38.8 Å². The van der Waals surface area contributed by atoms with Crippen LogP contribution in [0.3, 0.4) is 0 Å². The van der Waals surface area contributed by atoms with Crippen LogP contribution in [0.2, 0.25) is 0 Å². The minimum Gasteiger partial charge on any atom is -0.360 e. The molecule has 1 heterocycles. The van der Waals surface area contributed by atoms with Gasteiger partial charge in [-0.25, -0.2) is 0 Å². The summed E-state index contributed by atoms with van der Waals surface area (Å²) in [5, 5.41) is 7.39. The fraction of sp³-hybridized carbons (Fsp3) is 0.545. The number of hydrogen-bond donors (Lipinski definition) is 2. The zero-order valence-electron chi connectivity index (χ0n) is 9.04. The maximum absolute atomic E-state index is 5.24. The molecule has 15 heavy (non-hydrogen) atoms. The fourth-order valence-electron chi connectivity index (χ4n) is 1.41. The number of aryl methyl sites for hydroxylation is 1. The van der Waals surface area contributed by atoms with Crippen molar-refractivity contribution in [3.63, 3.8) is 0 Å². The topological polar surface area (TPSA) is 24.1 Å². The lowest BCUT2D eigenvalue weighted by molar-refractivity contribution is 0.709. The highest BCUT2D eigenvalue weighted by molar-refractivity contribution is 7.80. The molecule has 0 aliphatic heterocycles. The van der Waals surface area contributed by atoms with Crippen LogP contribution in [-0.4, -0.2) is 11.2 Å². The van der Waals surface area contributed by atoms with E-state index in [1.807, 2.05) is 11.3 Å². The summed E-state index contributed by atoms with van der Waals surface area (Å²) >= 11 is 7.06. The molecule has 2 rings (SSSR count). The van der Waals surface area contributed by atoms with Crippen LogP contribution in [0, 0.1) is 6.92 Å². The summed E-state index contributed by atoms with van der Waals surface area (Å²) < 4.78 is 0. The van der Waals surface area contributed by atoms with Crippen molar-refractivity contribution in [1.29, 1.82) is 0 Å². The second kappa shape index (κ2) is 4.49. The molecule has 1 saturated carbocycles. The molecule has 1 aliphatic carbocycles. The molecule has 1 unspecified atom stereocenters. The first-order valence-corrected chi connectivity index (χ1v) is 6.51. The predicted molar refractivity (Wildman–Crippen MR) is 69.4 cm³/mol. The number of rotatable bonds is 3. The highest BCUT2D eigenvalue weighted by Crippen LogP contribution is 2.22. The maximum atomic E-state index is 5.24. The molecule has 0 aromatic carbocycles. The van der Waals surface area contributed by atoms with Crippen LogP contribution < -0.4 is 10.6 Å². The third-order valence-corrected chi connectivity index (χ3v) is 3.87. The van der Waals surface area contributed by atoms with Gasteiger partial charge in [0, 0.05) is 15.8 Å². The molecule has 4 heteroatoms. The van der Waals surface area contributed by atoms with Crippen LogP contribution in [0.15, 0.2) is 12.1 Å². The SMILES string of the molecule is Cc1ccc(C(C)NC(=S)NC2CC2)s1. The summed E-state index contributed by atoms with van der Waals surface area (Å²) in [6.45, 7) is 4.27. The van der Waals surface area contributed by atoms with E-state index in [-0.39, 0.29) is 0 Å². The van der Waals surface area contributed by atoms with Gasteiger partial charge >= 0.3 is 0 Å². The van der Waals surface area contributed by atoms with Gasteiger partial charge in [0.15, 0.2) is 5.11 Å². The average Bonchev–Trinajstić information content (AvgIpc) is 2.85. The van der Waals surface area contributed by atoms with E-state index >= 15 is 0 Å². The van der Waals surface area contributed by atoms with E-state index in [0.717, 1.165) is 5.11 Å². The first kappa shape index (κ1) is 10.9. The summed E-state index contributed by atoms with van der Waals surface area (Å²) in [7, 11) is 0. The van der Waals surface area contributed by atoms with Crippen molar-refractivity contribution in [3.8, 4) is 0 Å². The van der Waals surface area contributed by atoms with E-state index in [1.165, 1.54) is 22.6 Å². The second-order valence-corrected chi connectivity index (χ2v) is 5.79. The lowest BCUT2D eigenvalue weighted by Crippen LogP contribution is -2.37. The van der Waals surface area contributed by atoms with Gasteiger partial charge in [-0.1, -0.05) is 0 Å². The van der Waals surface area contributed by atoms with Crippen LogP contribution >= 0.6 is 23.6 Å². The molecular weight excluding hydrogens is 224 g/mol. The van der Waals surface area contributed by atoms with Gasteiger partial charge in [0.2, 0.25) is 0 Å². The number of thiocarbonyl (C=S) groups is 1. The Morgan fingerprint density at radius 3 is 2.80 bits per heavy atom. The smallest absolute Gasteiger partial charge is 0.167 e. The molecular formula is C11H16N2S2. The van der Waals surface area contributed by atoms with Gasteiger partial charge < -0.3 is 10.6 Å². The second-order valence-electron chi connectivity index (χ2n) is 4.06. The quantitative estimate of drug-likeness (QED) is 0.794. The Bertz CT molecular complexity index is 355. The van der Waals surface area contributed by atoms with E-state index in [0.29, 0.717) is 12.1 Å². The minimum absolute atomic E-state index is 0.308. The van der Waals surface area contributed by atoms with Gasteiger partial charge in [-0.2, -0.15) is 0 Å². The van der Waals surface area contributed by atoms with Gasteiger partial charge in [0.25, 0.3) is 0 Å². The van der Waals surface area contributed by atoms with Crippen LogP contribution in [-0.2, 0) is 0 Å². The number of thiophene rings is 1. The Morgan fingerprint density at radius 1 is 1.53 bits per heavy atom. The van der Waals surface area contributed by atoms with Gasteiger partial charge in [-0.05, 0) is 51.0 Å². The maximum Gasteiger partial charge on any atom is 0.167 e. The lowest BCUT2D eigenvalue weighted by atomic mass is 10.3. The Hall–Kier alpha value is -0.610. The molecule has 2 nitrogen and oxygen atoms in total. The average molecular weight is 240 g/mol. The van der Waals surface area contributed by atoms with Gasteiger partial charge in [0.1, 0.15) is 0 Å². The van der Waals surface area contributed by atoms with Crippen molar-refractivity contribution >= 4 is 28.7 Å². The predicted octanol–water partition coefficient (Wildman–Crippen LogP) is 2.74.